The van der Waals surface area contributed by atoms with Crippen molar-refractivity contribution in [2.75, 3.05) is 26.2 Å². The maximum absolute atomic E-state index is 12.7. The summed E-state index contributed by atoms with van der Waals surface area (Å²) in [6.45, 7) is 4.19. The molecule has 3 aliphatic rings. The molecule has 6 nitrogen and oxygen atoms in total. The molecule has 0 radical (unpaired) electrons. The van der Waals surface area contributed by atoms with Crippen molar-refractivity contribution in [3.05, 3.63) is 41.7 Å². The van der Waals surface area contributed by atoms with Crippen LogP contribution in [0.4, 0.5) is 0 Å². The van der Waals surface area contributed by atoms with Crippen LogP contribution in [0.2, 0.25) is 0 Å². The van der Waals surface area contributed by atoms with Gasteiger partial charge in [-0.1, -0.05) is 12.1 Å². The van der Waals surface area contributed by atoms with Crippen molar-refractivity contribution in [1.29, 1.82) is 0 Å². The monoisotopic (exact) mass is 410 g/mol. The van der Waals surface area contributed by atoms with Gasteiger partial charge in [0.2, 0.25) is 11.8 Å². The van der Waals surface area contributed by atoms with Gasteiger partial charge < -0.3 is 15.1 Å². The Morgan fingerprint density at radius 2 is 1.83 bits per heavy atom. The van der Waals surface area contributed by atoms with Crippen molar-refractivity contribution in [3.8, 4) is 0 Å². The molecule has 162 valence electrons. The lowest BCUT2D eigenvalue weighted by Crippen LogP contribution is -2.50. The predicted molar refractivity (Wildman–Crippen MR) is 117 cm³/mol. The first kappa shape index (κ1) is 21.0. The quantitative estimate of drug-likeness (QED) is 0.811. The normalized spacial score (nSPS) is 21.9. The molecule has 6 heteroatoms. The summed E-state index contributed by atoms with van der Waals surface area (Å²) in [4.78, 5) is 34.1. The lowest BCUT2D eigenvalue weighted by molar-refractivity contribution is -0.130. The smallest absolute Gasteiger partial charge is 0.249 e. The molecule has 1 N–H and O–H groups in total. The number of nitrogens with one attached hydrogen (secondary N) is 1. The van der Waals surface area contributed by atoms with Crippen LogP contribution in [0.3, 0.4) is 0 Å². The van der Waals surface area contributed by atoms with Crippen LogP contribution in [0.1, 0.15) is 57.1 Å². The summed E-state index contributed by atoms with van der Waals surface area (Å²) in [5.41, 5.74) is 1.94. The van der Waals surface area contributed by atoms with Crippen molar-refractivity contribution < 1.29 is 9.59 Å². The number of likely N-dealkylation sites (tertiary alicyclic amines) is 2. The number of piperidine rings is 2. The van der Waals surface area contributed by atoms with Gasteiger partial charge in [-0.2, -0.15) is 0 Å². The molecule has 1 aromatic heterocycles. The summed E-state index contributed by atoms with van der Waals surface area (Å²) in [6.07, 6.45) is 12.2. The first-order chi connectivity index (χ1) is 14.7. The van der Waals surface area contributed by atoms with Gasteiger partial charge in [0.05, 0.1) is 12.2 Å². The van der Waals surface area contributed by atoms with Gasteiger partial charge in [-0.05, 0) is 76.6 Å². The van der Waals surface area contributed by atoms with Crippen LogP contribution < -0.4 is 5.32 Å². The first-order valence-corrected chi connectivity index (χ1v) is 11.6. The van der Waals surface area contributed by atoms with Gasteiger partial charge in [-0.15, -0.1) is 0 Å². The topological polar surface area (TPSA) is 65.5 Å². The fraction of sp³-hybridized carbons (Fsp3) is 0.625. The molecule has 0 spiro atoms. The second-order valence-electron chi connectivity index (χ2n) is 8.85. The average molecular weight is 411 g/mol. The fourth-order valence-electron chi connectivity index (χ4n) is 5.02. The number of amides is 2. The lowest BCUT2D eigenvalue weighted by Gasteiger charge is -2.41. The number of carbonyl (C=O) groups excluding carboxylic acids is 2. The Hall–Kier alpha value is -2.21. The highest BCUT2D eigenvalue weighted by Gasteiger charge is 2.32. The standard InChI is InChI=1S/C24H34N4O2/c29-23(26-18-21-8-4-5-13-25-21)19-9-14-27(15-10-19)22-11-16-28(17-12-22)24(30)20-6-2-1-3-7-20/h4-6,8,13,19,22H,1-3,7,9-12,14-18H2,(H,26,29). The number of hydrogen-bond acceptors (Lipinski definition) is 4. The summed E-state index contributed by atoms with van der Waals surface area (Å²) in [5.74, 6) is 0.530. The van der Waals surface area contributed by atoms with Gasteiger partial charge in [0.15, 0.2) is 0 Å². The Kier molecular flexibility index (Phi) is 7.16. The lowest BCUT2D eigenvalue weighted by atomic mass is 9.92. The highest BCUT2D eigenvalue weighted by Crippen LogP contribution is 2.26. The van der Waals surface area contributed by atoms with E-state index in [-0.39, 0.29) is 17.7 Å². The van der Waals surface area contributed by atoms with Crippen LogP contribution >= 0.6 is 0 Å². The number of carbonyl (C=O) groups is 2. The molecule has 0 atom stereocenters. The summed E-state index contributed by atoms with van der Waals surface area (Å²) in [5, 5.41) is 3.04. The third kappa shape index (κ3) is 5.28. The first-order valence-electron chi connectivity index (χ1n) is 11.6. The zero-order valence-electron chi connectivity index (χ0n) is 17.9. The molecule has 2 fully saturated rings. The molecule has 0 aromatic carbocycles. The number of nitrogens with zero attached hydrogens (tertiary/aromatic N) is 3. The summed E-state index contributed by atoms with van der Waals surface area (Å²) >= 11 is 0. The molecule has 4 rings (SSSR count). The molecule has 0 unspecified atom stereocenters. The van der Waals surface area contributed by atoms with Gasteiger partial charge in [-0.3, -0.25) is 14.6 Å². The Labute approximate surface area is 179 Å². The largest absolute Gasteiger partial charge is 0.350 e. The molecule has 30 heavy (non-hydrogen) atoms. The molecule has 2 amide bonds. The minimum absolute atomic E-state index is 0.102. The number of aromatic nitrogens is 1. The highest BCUT2D eigenvalue weighted by atomic mass is 16.2. The molecular formula is C24H34N4O2. The third-order valence-electron chi connectivity index (χ3n) is 6.90. The Morgan fingerprint density at radius 3 is 2.50 bits per heavy atom. The van der Waals surface area contributed by atoms with E-state index in [1.807, 2.05) is 18.2 Å². The number of rotatable bonds is 5. The van der Waals surface area contributed by atoms with E-state index in [0.29, 0.717) is 12.6 Å². The molecule has 1 aromatic rings. The maximum Gasteiger partial charge on any atom is 0.249 e. The van der Waals surface area contributed by atoms with E-state index in [1.165, 1.54) is 6.42 Å². The second kappa shape index (κ2) is 10.2. The van der Waals surface area contributed by atoms with E-state index in [4.69, 9.17) is 0 Å². The summed E-state index contributed by atoms with van der Waals surface area (Å²) < 4.78 is 0. The van der Waals surface area contributed by atoms with Crippen LogP contribution in [-0.2, 0) is 16.1 Å². The van der Waals surface area contributed by atoms with Crippen LogP contribution in [0, 0.1) is 5.92 Å². The minimum atomic E-state index is 0.102. The van der Waals surface area contributed by atoms with Crippen molar-refractivity contribution in [3.63, 3.8) is 0 Å². The summed E-state index contributed by atoms with van der Waals surface area (Å²) in [6, 6.07) is 6.31. The average Bonchev–Trinajstić information content (AvgIpc) is 2.83. The molecule has 0 bridgehead atoms. The fourth-order valence-corrected chi connectivity index (χ4v) is 5.02. The third-order valence-corrected chi connectivity index (χ3v) is 6.90. The Morgan fingerprint density at radius 1 is 1.03 bits per heavy atom. The van der Waals surface area contributed by atoms with E-state index < -0.39 is 0 Å². The van der Waals surface area contributed by atoms with Gasteiger partial charge in [-0.25, -0.2) is 0 Å². The van der Waals surface area contributed by atoms with E-state index in [9.17, 15) is 9.59 Å². The van der Waals surface area contributed by atoms with E-state index in [0.717, 1.165) is 82.4 Å². The zero-order valence-corrected chi connectivity index (χ0v) is 17.9. The second-order valence-corrected chi connectivity index (χ2v) is 8.85. The van der Waals surface area contributed by atoms with Gasteiger partial charge in [0, 0.05) is 36.8 Å². The number of allylic oxidation sites excluding steroid dienone is 1. The predicted octanol–water partition coefficient (Wildman–Crippen LogP) is 2.90. The van der Waals surface area contributed by atoms with Crippen molar-refractivity contribution in [1.82, 2.24) is 20.1 Å². The maximum atomic E-state index is 12.7. The van der Waals surface area contributed by atoms with Gasteiger partial charge in [0.25, 0.3) is 0 Å². The molecule has 0 saturated carbocycles. The van der Waals surface area contributed by atoms with Crippen LogP contribution in [-0.4, -0.2) is 58.8 Å². The van der Waals surface area contributed by atoms with Gasteiger partial charge >= 0.3 is 0 Å². The van der Waals surface area contributed by atoms with Crippen molar-refractivity contribution >= 4 is 11.8 Å². The molecular weight excluding hydrogens is 376 g/mol. The SMILES string of the molecule is O=C(NCc1ccccn1)C1CCN(C2CCN(C(=O)C3=CCCCC3)CC2)CC1. The van der Waals surface area contributed by atoms with E-state index >= 15 is 0 Å². The minimum Gasteiger partial charge on any atom is -0.350 e. The Balaban J connectivity index is 1.18. The van der Waals surface area contributed by atoms with Gasteiger partial charge in [0.1, 0.15) is 0 Å². The Bertz CT molecular complexity index is 748. The molecule has 1 aliphatic carbocycles. The molecule has 2 aliphatic heterocycles. The number of hydrogen-bond donors (Lipinski definition) is 1. The zero-order chi connectivity index (χ0) is 20.8. The van der Waals surface area contributed by atoms with E-state index in [1.54, 1.807) is 6.20 Å². The van der Waals surface area contributed by atoms with Crippen LogP contribution in [0.5, 0.6) is 0 Å². The van der Waals surface area contributed by atoms with Crippen LogP contribution in [0.15, 0.2) is 36.0 Å². The molecule has 2 saturated heterocycles. The van der Waals surface area contributed by atoms with Crippen molar-refractivity contribution in [2.24, 2.45) is 5.92 Å². The van der Waals surface area contributed by atoms with E-state index in [2.05, 4.69) is 26.2 Å². The summed E-state index contributed by atoms with van der Waals surface area (Å²) in [7, 11) is 0. The molecule has 3 heterocycles. The van der Waals surface area contributed by atoms with Crippen LogP contribution in [0.25, 0.3) is 0 Å². The van der Waals surface area contributed by atoms with Crippen molar-refractivity contribution in [2.45, 2.75) is 64.0 Å². The number of pyridine rings is 1. The highest BCUT2D eigenvalue weighted by molar-refractivity contribution is 5.93.